The number of ketones is 1. The second-order valence-corrected chi connectivity index (χ2v) is 6.69. The van der Waals surface area contributed by atoms with Gasteiger partial charge < -0.3 is 0 Å². The van der Waals surface area contributed by atoms with Gasteiger partial charge in [0.25, 0.3) is 0 Å². The first-order valence-electron chi connectivity index (χ1n) is 4.68. The summed E-state index contributed by atoms with van der Waals surface area (Å²) in [5, 5.41) is 2.74. The zero-order valence-corrected chi connectivity index (χ0v) is 13.3. The maximum absolute atomic E-state index is 11.9. The van der Waals surface area contributed by atoms with Crippen molar-refractivity contribution in [2.45, 2.75) is 5.03 Å². The Kier molecular flexibility index (Phi) is 4.78. The minimum absolute atomic E-state index is 0.120. The molecule has 0 saturated carbocycles. The van der Waals surface area contributed by atoms with Crippen LogP contribution in [0.5, 0.6) is 0 Å². The molecule has 0 fully saturated rings. The molecule has 0 radical (unpaired) electrons. The SMILES string of the molecule is O=C(CSc1ncccc1Br)c1sccc1Br. The van der Waals surface area contributed by atoms with Crippen molar-refractivity contribution in [2.75, 3.05) is 5.75 Å². The van der Waals surface area contributed by atoms with Crippen LogP contribution in [0.2, 0.25) is 0 Å². The number of hydrogen-bond acceptors (Lipinski definition) is 4. The second-order valence-electron chi connectivity index (χ2n) is 3.10. The monoisotopic (exact) mass is 391 g/mol. The molecule has 0 aromatic carbocycles. The molecule has 88 valence electrons. The van der Waals surface area contributed by atoms with Crippen molar-refractivity contribution in [1.29, 1.82) is 0 Å². The van der Waals surface area contributed by atoms with Crippen LogP contribution in [-0.4, -0.2) is 16.5 Å². The van der Waals surface area contributed by atoms with Gasteiger partial charge in [-0.3, -0.25) is 4.79 Å². The molecule has 2 nitrogen and oxygen atoms in total. The lowest BCUT2D eigenvalue weighted by atomic mass is 10.3. The van der Waals surface area contributed by atoms with Gasteiger partial charge in [-0.15, -0.1) is 11.3 Å². The lowest BCUT2D eigenvalue weighted by molar-refractivity contribution is 0.102. The number of thioether (sulfide) groups is 1. The van der Waals surface area contributed by atoms with Gasteiger partial charge in [-0.05, 0) is 55.4 Å². The highest BCUT2D eigenvalue weighted by molar-refractivity contribution is 9.10. The summed E-state index contributed by atoms with van der Waals surface area (Å²) < 4.78 is 1.79. The predicted molar refractivity (Wildman–Crippen MR) is 79.0 cm³/mol. The van der Waals surface area contributed by atoms with E-state index in [4.69, 9.17) is 0 Å². The van der Waals surface area contributed by atoms with E-state index in [0.29, 0.717) is 5.75 Å². The van der Waals surface area contributed by atoms with Gasteiger partial charge in [0, 0.05) is 15.1 Å². The number of carbonyl (C=O) groups excluding carboxylic acids is 1. The van der Waals surface area contributed by atoms with Gasteiger partial charge in [-0.2, -0.15) is 0 Å². The van der Waals surface area contributed by atoms with Crippen LogP contribution in [0.25, 0.3) is 0 Å². The van der Waals surface area contributed by atoms with Crippen LogP contribution < -0.4 is 0 Å². The van der Waals surface area contributed by atoms with E-state index in [-0.39, 0.29) is 5.78 Å². The van der Waals surface area contributed by atoms with E-state index in [1.165, 1.54) is 23.1 Å². The van der Waals surface area contributed by atoms with Crippen LogP contribution in [-0.2, 0) is 0 Å². The summed E-state index contributed by atoms with van der Waals surface area (Å²) in [5.74, 6) is 0.517. The summed E-state index contributed by atoms with van der Waals surface area (Å²) in [5.41, 5.74) is 0. The summed E-state index contributed by atoms with van der Waals surface area (Å²) in [6, 6.07) is 5.66. The van der Waals surface area contributed by atoms with Gasteiger partial charge in [0.15, 0.2) is 5.78 Å². The van der Waals surface area contributed by atoms with Crippen LogP contribution >= 0.6 is 55.0 Å². The average Bonchev–Trinajstić information content (AvgIpc) is 2.74. The van der Waals surface area contributed by atoms with Gasteiger partial charge in [0.1, 0.15) is 5.03 Å². The molecule has 0 amide bonds. The first-order chi connectivity index (χ1) is 8.18. The lowest BCUT2D eigenvalue weighted by Crippen LogP contribution is -2.00. The third kappa shape index (κ3) is 3.40. The summed E-state index contributed by atoms with van der Waals surface area (Å²) in [7, 11) is 0. The fourth-order valence-electron chi connectivity index (χ4n) is 1.17. The Labute approximate surface area is 124 Å². The van der Waals surface area contributed by atoms with Crippen LogP contribution in [0.15, 0.2) is 43.7 Å². The van der Waals surface area contributed by atoms with Crippen molar-refractivity contribution < 1.29 is 4.79 Å². The number of Topliss-reactive ketones (excluding diaryl/α,β-unsaturated/α-hetero) is 1. The molecule has 0 atom stereocenters. The van der Waals surface area contributed by atoms with Gasteiger partial charge in [-0.1, -0.05) is 11.8 Å². The first kappa shape index (κ1) is 13.3. The Bertz CT molecular complexity index is 542. The molecule has 0 saturated heterocycles. The number of carbonyl (C=O) groups is 1. The number of hydrogen-bond donors (Lipinski definition) is 0. The molecule has 2 heterocycles. The molecule has 0 bridgehead atoms. The maximum atomic E-state index is 11.9. The number of nitrogens with zero attached hydrogens (tertiary/aromatic N) is 1. The molecular weight excluding hydrogens is 386 g/mol. The molecule has 0 aliphatic heterocycles. The van der Waals surface area contributed by atoms with Gasteiger partial charge >= 0.3 is 0 Å². The molecule has 2 rings (SSSR count). The van der Waals surface area contributed by atoms with E-state index in [1.807, 2.05) is 23.6 Å². The normalized spacial score (nSPS) is 10.5. The number of aromatic nitrogens is 1. The molecule has 2 aromatic heterocycles. The van der Waals surface area contributed by atoms with E-state index in [9.17, 15) is 4.79 Å². The molecule has 0 aliphatic carbocycles. The summed E-state index contributed by atoms with van der Waals surface area (Å²) in [6.45, 7) is 0. The molecule has 0 aliphatic rings. The highest BCUT2D eigenvalue weighted by atomic mass is 79.9. The number of thiophene rings is 1. The lowest BCUT2D eigenvalue weighted by Gasteiger charge is -2.01. The molecular formula is C11H7Br2NOS2. The highest BCUT2D eigenvalue weighted by Gasteiger charge is 2.13. The van der Waals surface area contributed by atoms with E-state index < -0.39 is 0 Å². The molecule has 2 aromatic rings. The number of rotatable bonds is 4. The fourth-order valence-corrected chi connectivity index (χ4v) is 4.15. The third-order valence-corrected chi connectivity index (χ3v) is 5.72. The Morgan fingerprint density at radius 1 is 1.35 bits per heavy atom. The number of halogens is 2. The van der Waals surface area contributed by atoms with E-state index in [0.717, 1.165) is 18.8 Å². The molecule has 0 spiro atoms. The summed E-state index contributed by atoms with van der Waals surface area (Å²) in [6.07, 6.45) is 1.72. The van der Waals surface area contributed by atoms with Crippen molar-refractivity contribution in [3.05, 3.63) is 43.6 Å². The van der Waals surface area contributed by atoms with Crippen LogP contribution in [0, 0.1) is 0 Å². The van der Waals surface area contributed by atoms with Crippen molar-refractivity contribution >= 4 is 60.7 Å². The first-order valence-corrected chi connectivity index (χ1v) is 8.13. The third-order valence-electron chi connectivity index (χ3n) is 1.94. The smallest absolute Gasteiger partial charge is 0.184 e. The van der Waals surface area contributed by atoms with Gasteiger partial charge in [0.05, 0.1) is 10.6 Å². The zero-order chi connectivity index (χ0) is 12.3. The van der Waals surface area contributed by atoms with Crippen molar-refractivity contribution in [3.63, 3.8) is 0 Å². The molecule has 0 N–H and O–H groups in total. The van der Waals surface area contributed by atoms with E-state index in [2.05, 4.69) is 36.8 Å². The second kappa shape index (κ2) is 6.13. The Balaban J connectivity index is 2.02. The Morgan fingerprint density at radius 3 is 2.82 bits per heavy atom. The van der Waals surface area contributed by atoms with Crippen LogP contribution in [0.4, 0.5) is 0 Å². The van der Waals surface area contributed by atoms with Crippen LogP contribution in [0.1, 0.15) is 9.67 Å². The quantitative estimate of drug-likeness (QED) is 0.560. The van der Waals surface area contributed by atoms with E-state index >= 15 is 0 Å². The number of pyridine rings is 1. The van der Waals surface area contributed by atoms with Crippen molar-refractivity contribution in [3.8, 4) is 0 Å². The zero-order valence-electron chi connectivity index (χ0n) is 8.52. The average molecular weight is 393 g/mol. The minimum Gasteiger partial charge on any atom is -0.292 e. The summed E-state index contributed by atoms with van der Waals surface area (Å²) in [4.78, 5) is 16.9. The van der Waals surface area contributed by atoms with Gasteiger partial charge in [0.2, 0.25) is 0 Å². The highest BCUT2D eigenvalue weighted by Crippen LogP contribution is 2.28. The summed E-state index contributed by atoms with van der Waals surface area (Å²) >= 11 is 9.67. The van der Waals surface area contributed by atoms with Crippen molar-refractivity contribution in [1.82, 2.24) is 4.98 Å². The largest absolute Gasteiger partial charge is 0.292 e. The predicted octanol–water partition coefficient (Wildman–Crippen LogP) is 4.64. The fraction of sp³-hybridized carbons (Fsp3) is 0.0909. The van der Waals surface area contributed by atoms with Gasteiger partial charge in [-0.25, -0.2) is 4.98 Å². The van der Waals surface area contributed by atoms with Crippen molar-refractivity contribution in [2.24, 2.45) is 0 Å². The topological polar surface area (TPSA) is 30.0 Å². The van der Waals surface area contributed by atoms with E-state index in [1.54, 1.807) is 6.20 Å². The maximum Gasteiger partial charge on any atom is 0.184 e. The molecule has 17 heavy (non-hydrogen) atoms. The standard InChI is InChI=1S/C11H7Br2NOS2/c12-7-3-5-16-10(7)9(15)6-17-11-8(13)2-1-4-14-11/h1-5H,6H2. The Morgan fingerprint density at radius 2 is 2.18 bits per heavy atom. The molecule has 0 unspecified atom stereocenters. The molecule has 6 heteroatoms. The Hall–Kier alpha value is -0.170. The minimum atomic E-state index is 0.120. The van der Waals surface area contributed by atoms with Crippen LogP contribution in [0.3, 0.4) is 0 Å².